The monoisotopic (exact) mass is 493 g/mol. The zero-order chi connectivity index (χ0) is 25.6. The zero-order valence-corrected chi connectivity index (χ0v) is 19.8. The first-order chi connectivity index (χ1) is 18.1. The van der Waals surface area contributed by atoms with Crippen molar-refractivity contribution in [2.75, 3.05) is 13.2 Å². The molecule has 0 saturated heterocycles. The van der Waals surface area contributed by atoms with Crippen LogP contribution >= 0.6 is 0 Å². The van der Waals surface area contributed by atoms with Crippen LogP contribution in [-0.4, -0.2) is 39.7 Å². The van der Waals surface area contributed by atoms with E-state index in [4.69, 9.17) is 9.47 Å². The van der Waals surface area contributed by atoms with Crippen molar-refractivity contribution in [2.24, 2.45) is 0 Å². The molecule has 0 saturated carbocycles. The first kappa shape index (κ1) is 23.7. The quantitative estimate of drug-likeness (QED) is 0.239. The number of hydrogen-bond acceptors (Lipinski definition) is 6. The predicted octanol–water partition coefficient (Wildman–Crippen LogP) is 4.51. The van der Waals surface area contributed by atoms with Crippen molar-refractivity contribution in [3.05, 3.63) is 119 Å². The maximum Gasteiger partial charge on any atom is 0.359 e. The van der Waals surface area contributed by atoms with E-state index < -0.39 is 12.6 Å². The third-order valence-corrected chi connectivity index (χ3v) is 5.77. The molecular weight excluding hydrogens is 470 g/mol. The van der Waals surface area contributed by atoms with Crippen LogP contribution in [0.15, 0.2) is 102 Å². The number of esters is 1. The molecule has 3 aromatic carbocycles. The fourth-order valence-electron chi connectivity index (χ4n) is 4.01. The van der Waals surface area contributed by atoms with Crippen molar-refractivity contribution in [3.63, 3.8) is 0 Å². The number of H-pyrrole nitrogens is 1. The Hall–Kier alpha value is -4.98. The van der Waals surface area contributed by atoms with Crippen LogP contribution in [0.25, 0.3) is 22.2 Å². The summed E-state index contributed by atoms with van der Waals surface area (Å²) in [6, 6.07) is 28.6. The highest BCUT2D eigenvalue weighted by molar-refractivity contribution is 6.14. The molecule has 0 aliphatic carbocycles. The first-order valence-electron chi connectivity index (χ1n) is 11.7. The summed E-state index contributed by atoms with van der Waals surface area (Å²) in [6.45, 7) is -0.140. The molecule has 8 nitrogen and oxygen atoms in total. The molecule has 0 spiro atoms. The van der Waals surface area contributed by atoms with E-state index in [1.54, 1.807) is 12.1 Å². The van der Waals surface area contributed by atoms with Crippen LogP contribution in [-0.2, 0) is 11.3 Å². The van der Waals surface area contributed by atoms with Gasteiger partial charge in [-0.3, -0.25) is 9.59 Å². The van der Waals surface area contributed by atoms with Crippen molar-refractivity contribution in [3.8, 4) is 17.0 Å². The molecule has 1 N–H and O–H groups in total. The third-order valence-electron chi connectivity index (χ3n) is 5.77. The Kier molecular flexibility index (Phi) is 6.89. The normalized spacial score (nSPS) is 10.8. The van der Waals surface area contributed by atoms with E-state index in [0.29, 0.717) is 17.0 Å². The van der Waals surface area contributed by atoms with E-state index in [-0.39, 0.29) is 30.2 Å². The van der Waals surface area contributed by atoms with Crippen molar-refractivity contribution in [2.45, 2.75) is 6.54 Å². The molecule has 5 aromatic rings. The molecule has 0 atom stereocenters. The second-order valence-electron chi connectivity index (χ2n) is 8.23. The second kappa shape index (κ2) is 10.7. The van der Waals surface area contributed by atoms with Gasteiger partial charge in [0.25, 0.3) is 5.56 Å². The van der Waals surface area contributed by atoms with Crippen LogP contribution in [0.4, 0.5) is 0 Å². The highest BCUT2D eigenvalue weighted by Crippen LogP contribution is 2.30. The van der Waals surface area contributed by atoms with Gasteiger partial charge in [-0.25, -0.2) is 9.48 Å². The average Bonchev–Trinajstić information content (AvgIpc) is 3.33. The standard InChI is InChI=1S/C29H23N3O5/c33-25(27-22-13-7-8-14-23(22)30-28(27)20-9-3-1-4-10-20)19-37-29(35)24-15-16-26(34)32(31-24)17-18-36-21-11-5-2-6-12-21/h1-16,30H,17-19H2. The van der Waals surface area contributed by atoms with Gasteiger partial charge >= 0.3 is 5.97 Å². The molecule has 0 bridgehead atoms. The van der Waals surface area contributed by atoms with Crippen LogP contribution in [0.3, 0.4) is 0 Å². The number of carbonyl (C=O) groups is 2. The van der Waals surface area contributed by atoms with Crippen molar-refractivity contribution >= 4 is 22.7 Å². The number of aromatic nitrogens is 3. The van der Waals surface area contributed by atoms with Crippen LogP contribution in [0.1, 0.15) is 20.8 Å². The molecule has 0 radical (unpaired) electrons. The number of fused-ring (bicyclic) bond motifs is 1. The van der Waals surface area contributed by atoms with Crippen LogP contribution in [0, 0.1) is 0 Å². The van der Waals surface area contributed by atoms with E-state index in [2.05, 4.69) is 10.1 Å². The summed E-state index contributed by atoms with van der Waals surface area (Å²) >= 11 is 0. The minimum Gasteiger partial charge on any atom is -0.492 e. The Bertz CT molecular complexity index is 1610. The van der Waals surface area contributed by atoms with Gasteiger partial charge in [-0.05, 0) is 29.8 Å². The van der Waals surface area contributed by atoms with Crippen LogP contribution in [0.5, 0.6) is 5.75 Å². The summed E-state index contributed by atoms with van der Waals surface area (Å²) in [6.07, 6.45) is 0. The number of para-hydroxylation sites is 2. The van der Waals surface area contributed by atoms with E-state index in [9.17, 15) is 14.4 Å². The average molecular weight is 494 g/mol. The Morgan fingerprint density at radius 1 is 0.838 bits per heavy atom. The van der Waals surface area contributed by atoms with E-state index in [0.717, 1.165) is 21.1 Å². The van der Waals surface area contributed by atoms with Gasteiger partial charge in [0.05, 0.1) is 17.8 Å². The number of Topliss-reactive ketones (excluding diaryl/α,β-unsaturated/α-hetero) is 1. The number of nitrogens with zero attached hydrogens (tertiary/aromatic N) is 2. The van der Waals surface area contributed by atoms with E-state index in [1.165, 1.54) is 12.1 Å². The SMILES string of the molecule is O=C(OCC(=O)c1c(-c2ccccc2)[nH]c2ccccc12)c1ccc(=O)n(CCOc2ccccc2)n1. The molecule has 0 unspecified atom stereocenters. The third kappa shape index (κ3) is 5.33. The number of ketones is 1. The maximum atomic E-state index is 13.3. The fourth-order valence-corrected chi connectivity index (χ4v) is 4.01. The first-order valence-corrected chi connectivity index (χ1v) is 11.7. The smallest absolute Gasteiger partial charge is 0.359 e. The molecule has 2 heterocycles. The topological polar surface area (TPSA) is 103 Å². The second-order valence-corrected chi connectivity index (χ2v) is 8.23. The van der Waals surface area contributed by atoms with Crippen molar-refractivity contribution in [1.82, 2.24) is 14.8 Å². The van der Waals surface area contributed by atoms with Gasteiger partial charge in [-0.2, -0.15) is 5.10 Å². The molecule has 0 aliphatic rings. The number of ether oxygens (including phenoxy) is 2. The summed E-state index contributed by atoms with van der Waals surface area (Å²) in [5.41, 5.74) is 2.31. The largest absolute Gasteiger partial charge is 0.492 e. The van der Waals surface area contributed by atoms with Gasteiger partial charge in [0, 0.05) is 17.0 Å². The lowest BCUT2D eigenvalue weighted by molar-refractivity contribution is 0.0466. The molecule has 8 heteroatoms. The van der Waals surface area contributed by atoms with E-state index in [1.807, 2.05) is 72.8 Å². The Balaban J connectivity index is 1.29. The fraction of sp³-hybridized carbons (Fsp3) is 0.103. The van der Waals surface area contributed by atoms with Gasteiger partial charge in [0.15, 0.2) is 12.3 Å². The highest BCUT2D eigenvalue weighted by Gasteiger charge is 2.21. The zero-order valence-electron chi connectivity index (χ0n) is 19.8. The molecule has 0 fully saturated rings. The van der Waals surface area contributed by atoms with Gasteiger partial charge in [-0.15, -0.1) is 0 Å². The molecular formula is C29H23N3O5. The minimum absolute atomic E-state index is 0.0747. The minimum atomic E-state index is -0.799. The highest BCUT2D eigenvalue weighted by atomic mass is 16.5. The Morgan fingerprint density at radius 3 is 2.32 bits per heavy atom. The van der Waals surface area contributed by atoms with Gasteiger partial charge < -0.3 is 14.5 Å². The lowest BCUT2D eigenvalue weighted by atomic mass is 10.0. The summed E-state index contributed by atoms with van der Waals surface area (Å²) in [5, 5.41) is 4.83. The van der Waals surface area contributed by atoms with Crippen molar-refractivity contribution in [1.29, 1.82) is 0 Å². The summed E-state index contributed by atoms with van der Waals surface area (Å²) in [5.74, 6) is -0.488. The maximum absolute atomic E-state index is 13.3. The summed E-state index contributed by atoms with van der Waals surface area (Å²) in [4.78, 5) is 41.5. The van der Waals surface area contributed by atoms with Crippen molar-refractivity contribution < 1.29 is 19.1 Å². The Morgan fingerprint density at radius 2 is 1.54 bits per heavy atom. The summed E-state index contributed by atoms with van der Waals surface area (Å²) < 4.78 is 12.0. The number of rotatable bonds is 9. The van der Waals surface area contributed by atoms with Crippen LogP contribution < -0.4 is 10.3 Å². The molecule has 2 aromatic heterocycles. The number of carbonyl (C=O) groups excluding carboxylic acids is 2. The molecule has 5 rings (SSSR count). The number of hydrogen-bond donors (Lipinski definition) is 1. The number of aromatic amines is 1. The lowest BCUT2D eigenvalue weighted by Gasteiger charge is -2.09. The van der Waals surface area contributed by atoms with Gasteiger partial charge in [0.1, 0.15) is 12.4 Å². The van der Waals surface area contributed by atoms with Gasteiger partial charge in [0.2, 0.25) is 5.78 Å². The van der Waals surface area contributed by atoms with E-state index >= 15 is 0 Å². The van der Waals surface area contributed by atoms with Gasteiger partial charge in [-0.1, -0.05) is 66.7 Å². The number of benzene rings is 3. The number of nitrogens with one attached hydrogen (secondary N) is 1. The molecule has 37 heavy (non-hydrogen) atoms. The summed E-state index contributed by atoms with van der Waals surface area (Å²) in [7, 11) is 0. The molecule has 184 valence electrons. The predicted molar refractivity (Wildman–Crippen MR) is 139 cm³/mol. The molecule has 0 aliphatic heterocycles. The lowest BCUT2D eigenvalue weighted by Crippen LogP contribution is -2.27. The van der Waals surface area contributed by atoms with Crippen LogP contribution in [0.2, 0.25) is 0 Å². The molecule has 0 amide bonds. The Labute approximate surface area is 212 Å².